The largest absolute Gasteiger partial charge is 0.324 e. The Balaban J connectivity index is 1.73. The number of benzene rings is 2. The quantitative estimate of drug-likeness (QED) is 0.778. The lowest BCUT2D eigenvalue weighted by molar-refractivity contribution is -0.128. The zero-order valence-electron chi connectivity index (χ0n) is 15.8. The molecule has 3 rings (SSSR count). The van der Waals surface area contributed by atoms with Crippen molar-refractivity contribution in [1.29, 1.82) is 0 Å². The molecule has 0 unspecified atom stereocenters. The van der Waals surface area contributed by atoms with Crippen LogP contribution in [0, 0.1) is 12.7 Å². The van der Waals surface area contributed by atoms with Crippen LogP contribution >= 0.6 is 11.8 Å². The van der Waals surface area contributed by atoms with E-state index >= 15 is 0 Å². The molecule has 1 aliphatic heterocycles. The summed E-state index contributed by atoms with van der Waals surface area (Å²) in [5, 5.41) is 2.57. The molecular weight excluding hydrogens is 377 g/mol. The van der Waals surface area contributed by atoms with E-state index in [-0.39, 0.29) is 18.0 Å². The first-order valence-corrected chi connectivity index (χ1v) is 10.0. The van der Waals surface area contributed by atoms with Gasteiger partial charge in [0, 0.05) is 13.0 Å². The van der Waals surface area contributed by atoms with Crippen molar-refractivity contribution in [2.75, 3.05) is 11.9 Å². The molecule has 1 aliphatic rings. The average molecular weight is 399 g/mol. The van der Waals surface area contributed by atoms with E-state index in [0.29, 0.717) is 11.7 Å². The third-order valence-electron chi connectivity index (χ3n) is 4.24. The summed E-state index contributed by atoms with van der Waals surface area (Å²) in [7, 11) is 0. The molecule has 0 aliphatic carbocycles. The molecule has 1 heterocycles. The number of thioether (sulfide) groups is 1. The highest BCUT2D eigenvalue weighted by Gasteiger charge is 2.38. The molecule has 0 spiro atoms. The minimum atomic E-state index is -0.567. The van der Waals surface area contributed by atoms with Gasteiger partial charge in [-0.15, -0.1) is 0 Å². The molecule has 0 bridgehead atoms. The van der Waals surface area contributed by atoms with Crippen molar-refractivity contribution in [3.05, 3.63) is 59.9 Å². The number of aryl methyl sites for hydroxylation is 1. The molecule has 0 aromatic heterocycles. The highest BCUT2D eigenvalue weighted by molar-refractivity contribution is 8.15. The normalized spacial score (nSPS) is 18.0. The summed E-state index contributed by atoms with van der Waals surface area (Å²) in [4.78, 5) is 31.3. The summed E-state index contributed by atoms with van der Waals surface area (Å²) in [5.74, 6) is -1.04. The lowest BCUT2D eigenvalue weighted by Gasteiger charge is -2.15. The van der Waals surface area contributed by atoms with Crippen LogP contribution in [0.1, 0.15) is 25.3 Å². The highest BCUT2D eigenvalue weighted by Crippen LogP contribution is 2.32. The molecule has 2 aromatic rings. The van der Waals surface area contributed by atoms with Gasteiger partial charge in [0.25, 0.3) is 0 Å². The second-order valence-corrected chi connectivity index (χ2v) is 7.73. The average Bonchev–Trinajstić information content (AvgIpc) is 2.94. The van der Waals surface area contributed by atoms with Crippen LogP contribution in [0.4, 0.5) is 15.8 Å². The van der Waals surface area contributed by atoms with Crippen LogP contribution in [0.5, 0.6) is 0 Å². The number of anilines is 1. The van der Waals surface area contributed by atoms with Gasteiger partial charge in [-0.3, -0.25) is 14.5 Å². The zero-order chi connectivity index (χ0) is 20.1. The van der Waals surface area contributed by atoms with Gasteiger partial charge in [0.2, 0.25) is 11.8 Å². The summed E-state index contributed by atoms with van der Waals surface area (Å²) in [5.41, 5.74) is 2.01. The fourth-order valence-electron chi connectivity index (χ4n) is 2.82. The number of amidine groups is 1. The first kappa shape index (κ1) is 20.1. The lowest BCUT2D eigenvalue weighted by atomic mass is 10.2. The molecule has 1 atom stereocenters. The summed E-state index contributed by atoms with van der Waals surface area (Å²) < 4.78 is 13.7. The number of carbonyl (C=O) groups excluding carboxylic acids is 2. The van der Waals surface area contributed by atoms with Crippen LogP contribution in [-0.4, -0.2) is 33.7 Å². The number of aliphatic imine (C=N–C) groups is 1. The van der Waals surface area contributed by atoms with E-state index in [0.717, 1.165) is 17.7 Å². The molecule has 146 valence electrons. The third kappa shape index (κ3) is 4.78. The maximum atomic E-state index is 13.7. The maximum Gasteiger partial charge on any atom is 0.242 e. The monoisotopic (exact) mass is 399 g/mol. The van der Waals surface area contributed by atoms with Crippen molar-refractivity contribution in [2.45, 2.75) is 31.9 Å². The Labute approximate surface area is 168 Å². The van der Waals surface area contributed by atoms with Gasteiger partial charge in [-0.25, -0.2) is 9.38 Å². The Morgan fingerprint density at radius 2 is 1.93 bits per heavy atom. The SMILES string of the molecule is CCCN1C(=O)[C@H](CC(=O)Nc2ccccc2F)SC1=Nc1ccc(C)cc1. The topological polar surface area (TPSA) is 61.8 Å². The number of nitrogens with zero attached hydrogens (tertiary/aromatic N) is 2. The number of carbonyl (C=O) groups is 2. The van der Waals surface area contributed by atoms with Gasteiger partial charge < -0.3 is 5.32 Å². The molecule has 2 aromatic carbocycles. The predicted octanol–water partition coefficient (Wildman–Crippen LogP) is 4.50. The van der Waals surface area contributed by atoms with Crippen molar-refractivity contribution >= 4 is 40.1 Å². The van der Waals surface area contributed by atoms with E-state index in [1.54, 1.807) is 17.0 Å². The number of amides is 2. The summed E-state index contributed by atoms with van der Waals surface area (Å²) >= 11 is 1.28. The van der Waals surface area contributed by atoms with Crippen molar-refractivity contribution in [1.82, 2.24) is 4.90 Å². The van der Waals surface area contributed by atoms with Crippen molar-refractivity contribution < 1.29 is 14.0 Å². The number of rotatable bonds is 6. The van der Waals surface area contributed by atoms with Crippen molar-refractivity contribution in [3.63, 3.8) is 0 Å². The number of nitrogens with one attached hydrogen (secondary N) is 1. The third-order valence-corrected chi connectivity index (χ3v) is 5.42. The minimum Gasteiger partial charge on any atom is -0.324 e. The molecule has 1 saturated heterocycles. The Bertz CT molecular complexity index is 899. The Morgan fingerprint density at radius 1 is 1.21 bits per heavy atom. The van der Waals surface area contributed by atoms with Gasteiger partial charge in [0.1, 0.15) is 11.1 Å². The van der Waals surface area contributed by atoms with E-state index in [4.69, 9.17) is 0 Å². The van der Waals surface area contributed by atoms with E-state index in [2.05, 4.69) is 10.3 Å². The zero-order valence-corrected chi connectivity index (χ0v) is 16.6. The number of para-hydroxylation sites is 1. The van der Waals surface area contributed by atoms with E-state index in [1.807, 2.05) is 38.1 Å². The minimum absolute atomic E-state index is 0.0367. The van der Waals surface area contributed by atoms with Crippen LogP contribution in [0.25, 0.3) is 0 Å². The first-order valence-electron chi connectivity index (χ1n) is 9.15. The van der Waals surface area contributed by atoms with Gasteiger partial charge >= 0.3 is 0 Å². The van der Waals surface area contributed by atoms with Crippen molar-refractivity contribution in [3.8, 4) is 0 Å². The fourth-order valence-corrected chi connectivity index (χ4v) is 4.00. The Hall–Kier alpha value is -2.67. The van der Waals surface area contributed by atoms with Crippen LogP contribution in [0.2, 0.25) is 0 Å². The smallest absolute Gasteiger partial charge is 0.242 e. The molecule has 2 amide bonds. The van der Waals surface area contributed by atoms with Gasteiger partial charge in [-0.1, -0.05) is 48.5 Å². The van der Waals surface area contributed by atoms with Gasteiger partial charge in [-0.05, 0) is 37.6 Å². The fraction of sp³-hybridized carbons (Fsp3) is 0.286. The van der Waals surface area contributed by atoms with Crippen molar-refractivity contribution in [2.24, 2.45) is 4.99 Å². The highest BCUT2D eigenvalue weighted by atomic mass is 32.2. The Morgan fingerprint density at radius 3 is 2.61 bits per heavy atom. The van der Waals surface area contributed by atoms with E-state index in [1.165, 1.54) is 23.9 Å². The molecule has 0 radical (unpaired) electrons. The molecule has 7 heteroatoms. The standard InChI is InChI=1S/C21H22FN3O2S/c1-3-12-25-20(27)18(13-19(26)24-17-7-5-4-6-16(17)22)28-21(25)23-15-10-8-14(2)9-11-15/h4-11,18H,3,12-13H2,1-2H3,(H,24,26)/t18-/m0/s1. The number of halogens is 1. The van der Waals surface area contributed by atoms with Gasteiger partial charge in [-0.2, -0.15) is 0 Å². The summed E-state index contributed by atoms with van der Waals surface area (Å²) in [6, 6.07) is 13.7. The van der Waals surface area contributed by atoms with Crippen LogP contribution < -0.4 is 5.32 Å². The van der Waals surface area contributed by atoms with Gasteiger partial charge in [0.15, 0.2) is 5.17 Å². The molecule has 5 nitrogen and oxygen atoms in total. The molecule has 28 heavy (non-hydrogen) atoms. The maximum absolute atomic E-state index is 13.7. The van der Waals surface area contributed by atoms with Gasteiger partial charge in [0.05, 0.1) is 11.4 Å². The predicted molar refractivity (Wildman–Crippen MR) is 111 cm³/mol. The van der Waals surface area contributed by atoms with E-state index in [9.17, 15) is 14.0 Å². The number of hydrogen-bond donors (Lipinski definition) is 1. The molecule has 1 N–H and O–H groups in total. The summed E-state index contributed by atoms with van der Waals surface area (Å²) in [6.45, 7) is 4.53. The van der Waals surface area contributed by atoms with Crippen LogP contribution in [0.3, 0.4) is 0 Å². The molecule has 1 fully saturated rings. The van der Waals surface area contributed by atoms with Crippen LogP contribution in [0.15, 0.2) is 53.5 Å². The lowest BCUT2D eigenvalue weighted by Crippen LogP contribution is -2.34. The summed E-state index contributed by atoms with van der Waals surface area (Å²) in [6.07, 6.45) is 0.748. The Kier molecular flexibility index (Phi) is 6.46. The molecule has 0 saturated carbocycles. The second-order valence-electron chi connectivity index (χ2n) is 6.56. The molecular formula is C21H22FN3O2S. The second kappa shape index (κ2) is 9.01. The number of hydrogen-bond acceptors (Lipinski definition) is 4. The van der Waals surface area contributed by atoms with E-state index < -0.39 is 17.0 Å². The first-order chi connectivity index (χ1) is 13.5. The van der Waals surface area contributed by atoms with Crippen LogP contribution in [-0.2, 0) is 9.59 Å².